The zero-order chi connectivity index (χ0) is 38.7. The Bertz CT molecular complexity index is 2010. The second-order valence-corrected chi connectivity index (χ2v) is 16.6. The fourth-order valence-electron chi connectivity index (χ4n) is 7.88. The van der Waals surface area contributed by atoms with Crippen molar-refractivity contribution in [2.45, 2.75) is 110 Å². The largest absolute Gasteiger partial charge is 0.311 e. The minimum atomic E-state index is 0.161. The summed E-state index contributed by atoms with van der Waals surface area (Å²) >= 11 is 0. The molecule has 2 heteroatoms. The van der Waals surface area contributed by atoms with Crippen LogP contribution in [0.2, 0.25) is 0 Å². The predicted octanol–water partition coefficient (Wildman–Crippen LogP) is 16.4. The number of hydrogen-bond acceptors (Lipinski definition) is 2. The maximum absolute atomic E-state index is 2.39. The molecule has 0 aliphatic heterocycles. The van der Waals surface area contributed by atoms with Crippen molar-refractivity contribution < 1.29 is 0 Å². The van der Waals surface area contributed by atoms with Gasteiger partial charge in [0.1, 0.15) is 0 Å². The molecule has 0 aliphatic carbocycles. The van der Waals surface area contributed by atoms with Crippen LogP contribution in [0.5, 0.6) is 0 Å². The fourth-order valence-corrected chi connectivity index (χ4v) is 7.88. The maximum atomic E-state index is 2.39. The summed E-state index contributed by atoms with van der Waals surface area (Å²) in [7, 11) is 0. The Hall–Kier alpha value is -5.08. The molecule has 0 atom stereocenters. The topological polar surface area (TPSA) is 6.48 Å². The Morgan fingerprint density at radius 3 is 0.964 bits per heavy atom. The quantitative estimate of drug-likeness (QED) is 0.0814. The van der Waals surface area contributed by atoms with E-state index in [1.54, 1.807) is 0 Å². The van der Waals surface area contributed by atoms with E-state index in [1.165, 1.54) is 91.4 Å². The van der Waals surface area contributed by atoms with E-state index in [-0.39, 0.29) is 10.8 Å². The number of anilines is 6. The Morgan fingerprint density at radius 1 is 0.327 bits per heavy atom. The van der Waals surface area contributed by atoms with Crippen LogP contribution >= 0.6 is 0 Å². The Morgan fingerprint density at radius 2 is 0.618 bits per heavy atom. The van der Waals surface area contributed by atoms with Crippen LogP contribution in [0.3, 0.4) is 0 Å². The van der Waals surface area contributed by atoms with E-state index in [4.69, 9.17) is 0 Å². The van der Waals surface area contributed by atoms with Crippen molar-refractivity contribution >= 4 is 34.1 Å². The number of rotatable bonds is 18. The molecule has 6 rings (SSSR count). The normalized spacial score (nSPS) is 11.7. The molecule has 0 fully saturated rings. The van der Waals surface area contributed by atoms with Gasteiger partial charge in [0.05, 0.1) is 0 Å². The summed E-state index contributed by atoms with van der Waals surface area (Å²) in [4.78, 5) is 4.72. The molecule has 0 amide bonds. The highest BCUT2D eigenvalue weighted by Gasteiger charge is 2.22. The third-order valence-corrected chi connectivity index (χ3v) is 11.5. The van der Waals surface area contributed by atoms with E-state index >= 15 is 0 Å². The maximum Gasteiger partial charge on any atom is 0.0462 e. The third kappa shape index (κ3) is 9.97. The molecule has 0 unspecified atom stereocenters. The van der Waals surface area contributed by atoms with Crippen LogP contribution in [0.1, 0.15) is 110 Å². The lowest BCUT2D eigenvalue weighted by Gasteiger charge is -2.29. The molecule has 6 aromatic carbocycles. The molecule has 0 aromatic heterocycles. The summed E-state index contributed by atoms with van der Waals surface area (Å²) in [5, 5.41) is 0. The van der Waals surface area contributed by atoms with Crippen molar-refractivity contribution in [2.75, 3.05) is 9.80 Å². The Labute approximate surface area is 332 Å². The second kappa shape index (κ2) is 18.5. The number of unbranched alkanes of at least 4 members (excludes halogenated alkanes) is 5. The van der Waals surface area contributed by atoms with Gasteiger partial charge in [0, 0.05) is 34.1 Å². The lowest BCUT2D eigenvalue weighted by atomic mass is 9.80. The van der Waals surface area contributed by atoms with Gasteiger partial charge < -0.3 is 9.80 Å². The molecule has 0 saturated heterocycles. The van der Waals surface area contributed by atoms with Crippen LogP contribution in [0, 0.1) is 0 Å². The molecule has 0 N–H and O–H groups in total. The lowest BCUT2D eigenvalue weighted by molar-refractivity contribution is 0.446. The summed E-state index contributed by atoms with van der Waals surface area (Å²) in [5.41, 5.74) is 12.5. The first kappa shape index (κ1) is 39.6. The van der Waals surface area contributed by atoms with Crippen molar-refractivity contribution in [3.63, 3.8) is 0 Å². The molecule has 0 aliphatic rings. The van der Waals surface area contributed by atoms with Gasteiger partial charge in [-0.3, -0.25) is 0 Å². The number of nitrogens with zero attached hydrogens (tertiary/aromatic N) is 2. The summed E-state index contributed by atoms with van der Waals surface area (Å²) in [5.74, 6) is 0. The zero-order valence-corrected chi connectivity index (χ0v) is 34.3. The monoisotopic (exact) mass is 726 g/mol. The van der Waals surface area contributed by atoms with E-state index < -0.39 is 0 Å². The number of para-hydroxylation sites is 2. The molecule has 0 saturated carbocycles. The van der Waals surface area contributed by atoms with Crippen LogP contribution < -0.4 is 9.80 Å². The zero-order valence-electron chi connectivity index (χ0n) is 34.3. The van der Waals surface area contributed by atoms with Crippen molar-refractivity contribution in [1.29, 1.82) is 0 Å². The summed E-state index contributed by atoms with van der Waals surface area (Å²) < 4.78 is 0. The van der Waals surface area contributed by atoms with Gasteiger partial charge in [-0.05, 0) is 119 Å². The second-order valence-electron chi connectivity index (χ2n) is 16.6. The standard InChI is InChI=1S/C53H62N2/c1-7-9-11-19-41-53(5,6)45-30-38-51(39-31-45)55(47-22-16-13-17-23-47)49-34-26-43(27-35-49)42-24-32-48(33-25-42)54(46-20-14-12-15-21-46)50-36-28-44(29-37-50)52(3,4)40-18-10-8-2/h12-17,20-39H,7-11,18-19,40-41H2,1-6H3. The minimum absolute atomic E-state index is 0.161. The minimum Gasteiger partial charge on any atom is -0.311 e. The molecule has 0 heterocycles. The van der Waals surface area contributed by atoms with Crippen LogP contribution in [-0.2, 0) is 10.8 Å². The number of benzene rings is 6. The van der Waals surface area contributed by atoms with Crippen molar-refractivity contribution in [1.82, 2.24) is 0 Å². The first-order chi connectivity index (χ1) is 26.7. The smallest absolute Gasteiger partial charge is 0.0462 e. The number of hydrogen-bond donors (Lipinski definition) is 0. The predicted molar refractivity (Wildman–Crippen MR) is 240 cm³/mol. The SMILES string of the molecule is CCCCCCC(C)(C)c1ccc(N(c2ccccc2)c2ccc(-c3ccc(N(c4ccccc4)c4ccc(C(C)(C)CCCCC)cc4)cc3)cc2)cc1. The summed E-state index contributed by atoms with van der Waals surface area (Å²) in [6.45, 7) is 14.1. The van der Waals surface area contributed by atoms with Crippen molar-refractivity contribution in [3.05, 3.63) is 169 Å². The first-order valence-electron chi connectivity index (χ1n) is 20.8. The molecular weight excluding hydrogens is 665 g/mol. The molecule has 2 nitrogen and oxygen atoms in total. The van der Waals surface area contributed by atoms with Crippen molar-refractivity contribution in [3.8, 4) is 11.1 Å². The van der Waals surface area contributed by atoms with Gasteiger partial charge in [0.2, 0.25) is 0 Å². The summed E-state index contributed by atoms with van der Waals surface area (Å²) in [6.07, 6.45) is 11.4. The first-order valence-corrected chi connectivity index (χ1v) is 20.8. The van der Waals surface area contributed by atoms with Gasteiger partial charge in [-0.25, -0.2) is 0 Å². The Kier molecular flexibility index (Phi) is 13.3. The average molecular weight is 727 g/mol. The molecule has 0 bridgehead atoms. The highest BCUT2D eigenvalue weighted by atomic mass is 15.1. The van der Waals surface area contributed by atoms with Gasteiger partial charge in [0.15, 0.2) is 0 Å². The van der Waals surface area contributed by atoms with Gasteiger partial charge in [0.25, 0.3) is 0 Å². The van der Waals surface area contributed by atoms with Gasteiger partial charge >= 0.3 is 0 Å². The van der Waals surface area contributed by atoms with Crippen LogP contribution in [0.4, 0.5) is 34.1 Å². The van der Waals surface area contributed by atoms with Crippen LogP contribution in [0.15, 0.2) is 158 Å². The van der Waals surface area contributed by atoms with Gasteiger partial charge in [-0.15, -0.1) is 0 Å². The van der Waals surface area contributed by atoms with Gasteiger partial charge in [-0.1, -0.05) is 171 Å². The molecule has 284 valence electrons. The highest BCUT2D eigenvalue weighted by molar-refractivity contribution is 5.80. The Balaban J connectivity index is 1.23. The van der Waals surface area contributed by atoms with E-state index in [0.29, 0.717) is 0 Å². The van der Waals surface area contributed by atoms with E-state index in [0.717, 1.165) is 22.7 Å². The van der Waals surface area contributed by atoms with Crippen LogP contribution in [-0.4, -0.2) is 0 Å². The van der Waals surface area contributed by atoms with Crippen molar-refractivity contribution in [2.24, 2.45) is 0 Å². The fraction of sp³-hybridized carbons (Fsp3) is 0.321. The summed E-state index contributed by atoms with van der Waals surface area (Å²) in [6, 6.07) is 57.9. The van der Waals surface area contributed by atoms with E-state index in [9.17, 15) is 0 Å². The highest BCUT2D eigenvalue weighted by Crippen LogP contribution is 2.40. The molecule has 6 aromatic rings. The van der Waals surface area contributed by atoms with E-state index in [1.807, 2.05) is 0 Å². The molecular formula is C53H62N2. The van der Waals surface area contributed by atoms with Gasteiger partial charge in [-0.2, -0.15) is 0 Å². The molecule has 0 radical (unpaired) electrons. The van der Waals surface area contributed by atoms with E-state index in [2.05, 4.69) is 209 Å². The van der Waals surface area contributed by atoms with Crippen LogP contribution in [0.25, 0.3) is 11.1 Å². The molecule has 0 spiro atoms. The molecule has 55 heavy (non-hydrogen) atoms. The third-order valence-electron chi connectivity index (χ3n) is 11.5. The average Bonchev–Trinajstić information content (AvgIpc) is 3.22. The lowest BCUT2D eigenvalue weighted by Crippen LogP contribution is -2.17.